The number of hydrogen-bond donors (Lipinski definition) is 2. The van der Waals surface area contributed by atoms with E-state index in [-0.39, 0.29) is 22.8 Å². The molecule has 0 aromatic carbocycles. The molecule has 1 aromatic heterocycles. The zero-order valence-electron chi connectivity index (χ0n) is 9.47. The molecule has 0 aliphatic heterocycles. The van der Waals surface area contributed by atoms with Crippen molar-refractivity contribution in [2.24, 2.45) is 5.92 Å². The summed E-state index contributed by atoms with van der Waals surface area (Å²) < 4.78 is 26.4. The van der Waals surface area contributed by atoms with Crippen LogP contribution < -0.4 is 4.72 Å². The lowest BCUT2D eigenvalue weighted by Gasteiger charge is -2.18. The molecule has 0 bridgehead atoms. The highest BCUT2D eigenvalue weighted by Crippen LogP contribution is 2.18. The summed E-state index contributed by atoms with van der Waals surface area (Å²) in [6.45, 7) is 5.21. The van der Waals surface area contributed by atoms with Crippen molar-refractivity contribution in [1.82, 2.24) is 9.71 Å². The van der Waals surface area contributed by atoms with Crippen LogP contribution >= 0.6 is 11.3 Å². The molecule has 16 heavy (non-hydrogen) atoms. The van der Waals surface area contributed by atoms with Gasteiger partial charge in [0.1, 0.15) is 0 Å². The van der Waals surface area contributed by atoms with Crippen molar-refractivity contribution in [1.29, 1.82) is 0 Å². The second-order valence-electron chi connectivity index (χ2n) is 3.77. The average Bonchev–Trinajstić information content (AvgIpc) is 2.63. The average molecular weight is 264 g/mol. The SMILES string of the molecule is Cc1ncc(S(=O)(=O)NC(C)C(C)CO)s1. The van der Waals surface area contributed by atoms with Crippen LogP contribution in [0.4, 0.5) is 0 Å². The number of aliphatic hydroxyl groups excluding tert-OH is 1. The van der Waals surface area contributed by atoms with Gasteiger partial charge < -0.3 is 5.11 Å². The Morgan fingerprint density at radius 3 is 2.62 bits per heavy atom. The molecule has 0 aliphatic rings. The Morgan fingerprint density at radius 2 is 2.19 bits per heavy atom. The second-order valence-corrected chi connectivity index (χ2v) is 6.94. The van der Waals surface area contributed by atoms with Crippen LogP contribution in [0.1, 0.15) is 18.9 Å². The van der Waals surface area contributed by atoms with Crippen molar-refractivity contribution in [2.45, 2.75) is 31.0 Å². The third-order valence-corrected chi connectivity index (χ3v) is 5.28. The number of nitrogens with zero attached hydrogens (tertiary/aromatic N) is 1. The van der Waals surface area contributed by atoms with E-state index in [1.54, 1.807) is 20.8 Å². The Kier molecular flexibility index (Phi) is 4.43. The van der Waals surface area contributed by atoms with Gasteiger partial charge in [0.05, 0.1) is 11.2 Å². The van der Waals surface area contributed by atoms with Crippen molar-refractivity contribution in [3.05, 3.63) is 11.2 Å². The minimum absolute atomic E-state index is 0.0502. The van der Waals surface area contributed by atoms with E-state index in [1.165, 1.54) is 6.20 Å². The summed E-state index contributed by atoms with van der Waals surface area (Å²) >= 11 is 1.13. The van der Waals surface area contributed by atoms with E-state index in [0.29, 0.717) is 5.01 Å². The van der Waals surface area contributed by atoms with Gasteiger partial charge >= 0.3 is 0 Å². The molecule has 1 heterocycles. The maximum Gasteiger partial charge on any atom is 0.251 e. The summed E-state index contributed by atoms with van der Waals surface area (Å²) in [6.07, 6.45) is 1.35. The van der Waals surface area contributed by atoms with Crippen LogP contribution in [0.25, 0.3) is 0 Å². The van der Waals surface area contributed by atoms with Gasteiger partial charge in [0.15, 0.2) is 4.21 Å². The molecule has 92 valence electrons. The number of aliphatic hydroxyl groups is 1. The molecule has 2 atom stereocenters. The molecule has 2 N–H and O–H groups in total. The van der Waals surface area contributed by atoms with Crippen molar-refractivity contribution in [2.75, 3.05) is 6.61 Å². The molecule has 0 saturated carbocycles. The molecular formula is C9H16N2O3S2. The van der Waals surface area contributed by atoms with Crippen molar-refractivity contribution in [3.8, 4) is 0 Å². The van der Waals surface area contributed by atoms with Gasteiger partial charge in [-0.2, -0.15) is 0 Å². The first kappa shape index (κ1) is 13.6. The van der Waals surface area contributed by atoms with Crippen molar-refractivity contribution in [3.63, 3.8) is 0 Å². The Labute approximate surface area is 99.6 Å². The summed E-state index contributed by atoms with van der Waals surface area (Å²) in [5.74, 6) is -0.121. The highest BCUT2D eigenvalue weighted by Gasteiger charge is 2.22. The van der Waals surface area contributed by atoms with Gasteiger partial charge in [0.2, 0.25) is 0 Å². The third kappa shape index (κ3) is 3.24. The summed E-state index contributed by atoms with van der Waals surface area (Å²) in [7, 11) is -3.50. The van der Waals surface area contributed by atoms with E-state index >= 15 is 0 Å². The Balaban J connectivity index is 2.80. The van der Waals surface area contributed by atoms with Crippen LogP contribution in [0.5, 0.6) is 0 Å². The zero-order chi connectivity index (χ0) is 12.3. The molecule has 0 saturated heterocycles. The van der Waals surface area contributed by atoms with Crippen molar-refractivity contribution < 1.29 is 13.5 Å². The predicted molar refractivity (Wildman–Crippen MR) is 62.9 cm³/mol. The van der Waals surface area contributed by atoms with E-state index in [2.05, 4.69) is 9.71 Å². The standard InChI is InChI=1S/C9H16N2O3S2/c1-6(5-12)7(2)11-16(13,14)9-4-10-8(3)15-9/h4,6-7,11-12H,5H2,1-3H3. The fourth-order valence-electron chi connectivity index (χ4n) is 1.04. The fourth-order valence-corrected chi connectivity index (χ4v) is 3.52. The van der Waals surface area contributed by atoms with Gasteiger partial charge in [-0.3, -0.25) is 0 Å². The first-order valence-electron chi connectivity index (χ1n) is 4.92. The third-order valence-electron chi connectivity index (χ3n) is 2.35. The first-order valence-corrected chi connectivity index (χ1v) is 7.22. The van der Waals surface area contributed by atoms with E-state index in [0.717, 1.165) is 11.3 Å². The molecular weight excluding hydrogens is 248 g/mol. The minimum Gasteiger partial charge on any atom is -0.396 e. The Hall–Kier alpha value is -0.500. The van der Waals surface area contributed by atoms with Crippen LogP contribution in [0.15, 0.2) is 10.4 Å². The summed E-state index contributed by atoms with van der Waals surface area (Å²) in [5.41, 5.74) is 0. The lowest BCUT2D eigenvalue weighted by molar-refractivity contribution is 0.216. The zero-order valence-corrected chi connectivity index (χ0v) is 11.1. The number of rotatable bonds is 5. The molecule has 2 unspecified atom stereocenters. The van der Waals surface area contributed by atoms with E-state index in [1.807, 2.05) is 0 Å². The Morgan fingerprint density at radius 1 is 1.56 bits per heavy atom. The number of nitrogens with one attached hydrogen (secondary N) is 1. The quantitative estimate of drug-likeness (QED) is 0.822. The van der Waals surface area contributed by atoms with Gasteiger partial charge in [-0.05, 0) is 19.8 Å². The summed E-state index contributed by atoms with van der Waals surface area (Å²) in [5, 5.41) is 9.64. The van der Waals surface area contributed by atoms with E-state index in [9.17, 15) is 8.42 Å². The topological polar surface area (TPSA) is 79.3 Å². The normalized spacial score (nSPS) is 16.0. The van der Waals surface area contributed by atoms with Gasteiger partial charge in [-0.25, -0.2) is 18.1 Å². The molecule has 0 aliphatic carbocycles. The lowest BCUT2D eigenvalue weighted by atomic mass is 10.1. The number of thiazole rings is 1. The van der Waals surface area contributed by atoms with Gasteiger partial charge in [0.25, 0.3) is 10.0 Å². The molecule has 7 heteroatoms. The van der Waals surface area contributed by atoms with Gasteiger partial charge in [0, 0.05) is 12.6 Å². The Bertz CT molecular complexity index is 441. The molecule has 5 nitrogen and oxygen atoms in total. The predicted octanol–water partition coefficient (Wildman–Crippen LogP) is 0.747. The number of aryl methyl sites for hydroxylation is 1. The monoisotopic (exact) mass is 264 g/mol. The van der Waals surface area contributed by atoms with Crippen LogP contribution in [0.2, 0.25) is 0 Å². The van der Waals surface area contributed by atoms with Crippen molar-refractivity contribution >= 4 is 21.4 Å². The highest BCUT2D eigenvalue weighted by atomic mass is 32.2. The summed E-state index contributed by atoms with van der Waals surface area (Å²) in [6, 6.07) is -0.308. The van der Waals surface area contributed by atoms with Gasteiger partial charge in [-0.1, -0.05) is 6.92 Å². The van der Waals surface area contributed by atoms with E-state index < -0.39 is 10.0 Å². The van der Waals surface area contributed by atoms with Gasteiger partial charge in [-0.15, -0.1) is 11.3 Å². The fraction of sp³-hybridized carbons (Fsp3) is 0.667. The largest absolute Gasteiger partial charge is 0.396 e. The molecule has 0 spiro atoms. The second kappa shape index (κ2) is 5.22. The van der Waals surface area contributed by atoms with Crippen LogP contribution in [0.3, 0.4) is 0 Å². The van der Waals surface area contributed by atoms with Crippen LogP contribution in [0, 0.1) is 12.8 Å². The molecule has 1 rings (SSSR count). The maximum absolute atomic E-state index is 11.9. The number of aromatic nitrogens is 1. The minimum atomic E-state index is -3.50. The molecule has 0 amide bonds. The maximum atomic E-state index is 11.9. The highest BCUT2D eigenvalue weighted by molar-refractivity contribution is 7.91. The first-order chi connectivity index (χ1) is 7.36. The molecule has 0 fully saturated rings. The number of hydrogen-bond acceptors (Lipinski definition) is 5. The lowest BCUT2D eigenvalue weighted by Crippen LogP contribution is -2.37. The van der Waals surface area contributed by atoms with Crippen LogP contribution in [-0.4, -0.2) is 31.2 Å². The smallest absolute Gasteiger partial charge is 0.251 e. The van der Waals surface area contributed by atoms with Crippen LogP contribution in [-0.2, 0) is 10.0 Å². The number of sulfonamides is 1. The van der Waals surface area contributed by atoms with E-state index in [4.69, 9.17) is 5.11 Å². The molecule has 0 radical (unpaired) electrons. The molecule has 1 aromatic rings. The summed E-state index contributed by atoms with van der Waals surface area (Å²) in [4.78, 5) is 3.91.